The fourth-order valence-electron chi connectivity index (χ4n) is 2.43. The largest absolute Gasteiger partial charge is 0.316 e. The Bertz CT molecular complexity index is 471. The van der Waals surface area contributed by atoms with Crippen LogP contribution in [-0.2, 0) is 0 Å². The molecule has 0 aliphatic carbocycles. The third-order valence-electron chi connectivity index (χ3n) is 3.31. The molecule has 4 heteroatoms. The van der Waals surface area contributed by atoms with Gasteiger partial charge in [0.25, 0.3) is 0 Å². The highest BCUT2D eigenvalue weighted by molar-refractivity contribution is 5.61. The number of hydrogen-bond acceptors (Lipinski definition) is 3. The van der Waals surface area contributed by atoms with Gasteiger partial charge in [0.15, 0.2) is 0 Å². The molecule has 0 radical (unpaired) electrons. The van der Waals surface area contributed by atoms with Gasteiger partial charge < -0.3 is 5.32 Å². The quantitative estimate of drug-likeness (QED) is 0.826. The van der Waals surface area contributed by atoms with Gasteiger partial charge in [-0.15, -0.1) is 0 Å². The number of aromatic amines is 1. The van der Waals surface area contributed by atoms with E-state index in [4.69, 9.17) is 0 Å². The zero-order valence-electron chi connectivity index (χ0n) is 9.69. The van der Waals surface area contributed by atoms with E-state index in [-0.39, 0.29) is 0 Å². The number of piperidine rings is 1. The van der Waals surface area contributed by atoms with Gasteiger partial charge in [-0.1, -0.05) is 6.07 Å². The summed E-state index contributed by atoms with van der Waals surface area (Å²) < 4.78 is 0. The van der Waals surface area contributed by atoms with Crippen molar-refractivity contribution in [1.82, 2.24) is 20.5 Å². The molecule has 1 unspecified atom stereocenters. The Labute approximate surface area is 100 Å². The number of H-pyrrole nitrogens is 1. The Morgan fingerprint density at radius 2 is 2.29 bits per heavy atom. The highest BCUT2D eigenvalue weighted by Gasteiger charge is 2.20. The Morgan fingerprint density at radius 3 is 3.06 bits per heavy atom. The molecule has 0 amide bonds. The van der Waals surface area contributed by atoms with Crippen LogP contribution in [0.3, 0.4) is 0 Å². The number of aromatic nitrogens is 3. The zero-order chi connectivity index (χ0) is 11.5. The van der Waals surface area contributed by atoms with Crippen LogP contribution in [0.2, 0.25) is 0 Å². The molecule has 1 saturated heterocycles. The monoisotopic (exact) mass is 228 g/mol. The standard InChI is InChI=1S/C13H16N4/c1-2-7-15-12(5-1)11-9-16-17-13(11)10-4-3-6-14-8-10/h1-2,5,7,9-10,14H,3-4,6,8H2,(H,16,17). The topological polar surface area (TPSA) is 53.6 Å². The van der Waals surface area contributed by atoms with Crippen LogP contribution in [0.25, 0.3) is 11.3 Å². The second kappa shape index (κ2) is 4.67. The summed E-state index contributed by atoms with van der Waals surface area (Å²) in [6.07, 6.45) is 6.15. The molecule has 3 rings (SSSR count). The highest BCUT2D eigenvalue weighted by atomic mass is 15.1. The van der Waals surface area contributed by atoms with Gasteiger partial charge in [-0.3, -0.25) is 10.1 Å². The van der Waals surface area contributed by atoms with E-state index in [1.54, 1.807) is 0 Å². The molecule has 1 aliphatic rings. The lowest BCUT2D eigenvalue weighted by molar-refractivity contribution is 0.455. The molecule has 0 spiro atoms. The fourth-order valence-corrected chi connectivity index (χ4v) is 2.43. The number of nitrogens with zero attached hydrogens (tertiary/aromatic N) is 2. The second-order valence-electron chi connectivity index (χ2n) is 4.46. The van der Waals surface area contributed by atoms with Crippen LogP contribution in [0, 0.1) is 0 Å². The highest BCUT2D eigenvalue weighted by Crippen LogP contribution is 2.29. The average Bonchev–Trinajstić information content (AvgIpc) is 2.90. The van der Waals surface area contributed by atoms with E-state index in [1.807, 2.05) is 30.6 Å². The van der Waals surface area contributed by atoms with Gasteiger partial charge in [-0.25, -0.2) is 0 Å². The molecule has 4 nitrogen and oxygen atoms in total. The predicted octanol–water partition coefficient (Wildman–Crippen LogP) is 1.94. The Balaban J connectivity index is 1.93. The van der Waals surface area contributed by atoms with Gasteiger partial charge >= 0.3 is 0 Å². The van der Waals surface area contributed by atoms with Gasteiger partial charge in [0.2, 0.25) is 0 Å². The normalized spacial score (nSPS) is 20.4. The van der Waals surface area contributed by atoms with E-state index in [2.05, 4.69) is 20.5 Å². The first-order chi connectivity index (χ1) is 8.45. The maximum absolute atomic E-state index is 4.40. The number of pyridine rings is 1. The van der Waals surface area contributed by atoms with Crippen LogP contribution in [0.1, 0.15) is 24.5 Å². The minimum atomic E-state index is 0.531. The van der Waals surface area contributed by atoms with Crippen molar-refractivity contribution in [2.45, 2.75) is 18.8 Å². The Hall–Kier alpha value is -1.68. The lowest BCUT2D eigenvalue weighted by atomic mass is 9.93. The van der Waals surface area contributed by atoms with E-state index in [1.165, 1.54) is 18.5 Å². The van der Waals surface area contributed by atoms with Crippen molar-refractivity contribution in [3.63, 3.8) is 0 Å². The van der Waals surface area contributed by atoms with Crippen LogP contribution < -0.4 is 5.32 Å². The molecule has 0 bridgehead atoms. The van der Waals surface area contributed by atoms with Gasteiger partial charge in [-0.2, -0.15) is 5.10 Å². The van der Waals surface area contributed by atoms with Gasteiger partial charge in [0, 0.05) is 29.9 Å². The van der Waals surface area contributed by atoms with E-state index < -0.39 is 0 Å². The molecule has 88 valence electrons. The molecule has 1 atom stereocenters. The summed E-state index contributed by atoms with van der Waals surface area (Å²) >= 11 is 0. The molecule has 2 aromatic heterocycles. The molecule has 1 fully saturated rings. The summed E-state index contributed by atoms with van der Waals surface area (Å²) in [7, 11) is 0. The Morgan fingerprint density at radius 1 is 1.29 bits per heavy atom. The van der Waals surface area contributed by atoms with Crippen molar-refractivity contribution < 1.29 is 0 Å². The van der Waals surface area contributed by atoms with E-state index in [9.17, 15) is 0 Å². The molecule has 0 aromatic carbocycles. The zero-order valence-corrected chi connectivity index (χ0v) is 9.69. The summed E-state index contributed by atoms with van der Waals surface area (Å²) in [4.78, 5) is 4.40. The molecule has 2 N–H and O–H groups in total. The van der Waals surface area contributed by atoms with E-state index in [0.29, 0.717) is 5.92 Å². The van der Waals surface area contributed by atoms with Crippen molar-refractivity contribution in [3.05, 3.63) is 36.3 Å². The molecule has 17 heavy (non-hydrogen) atoms. The smallest absolute Gasteiger partial charge is 0.0736 e. The molecule has 0 saturated carbocycles. The summed E-state index contributed by atoms with van der Waals surface area (Å²) in [6, 6.07) is 5.98. The predicted molar refractivity (Wildman–Crippen MR) is 66.7 cm³/mol. The van der Waals surface area contributed by atoms with Gasteiger partial charge in [-0.05, 0) is 31.5 Å². The molecule has 3 heterocycles. The van der Waals surface area contributed by atoms with Crippen LogP contribution in [0.4, 0.5) is 0 Å². The first-order valence-electron chi connectivity index (χ1n) is 6.10. The van der Waals surface area contributed by atoms with Crippen LogP contribution in [0.15, 0.2) is 30.6 Å². The molecular formula is C13H16N4. The molecule has 2 aromatic rings. The van der Waals surface area contributed by atoms with Crippen molar-refractivity contribution in [3.8, 4) is 11.3 Å². The van der Waals surface area contributed by atoms with Crippen molar-refractivity contribution in [2.75, 3.05) is 13.1 Å². The SMILES string of the molecule is c1ccc(-c2cn[nH]c2C2CCCNC2)nc1. The third kappa shape index (κ3) is 2.08. The number of hydrogen-bond donors (Lipinski definition) is 2. The summed E-state index contributed by atoms with van der Waals surface area (Å²) in [6.45, 7) is 2.16. The summed E-state index contributed by atoms with van der Waals surface area (Å²) in [5, 5.41) is 10.8. The maximum atomic E-state index is 4.40. The van der Waals surface area contributed by atoms with Crippen molar-refractivity contribution in [1.29, 1.82) is 0 Å². The van der Waals surface area contributed by atoms with Crippen molar-refractivity contribution >= 4 is 0 Å². The fraction of sp³-hybridized carbons (Fsp3) is 0.385. The number of rotatable bonds is 2. The third-order valence-corrected chi connectivity index (χ3v) is 3.31. The average molecular weight is 228 g/mol. The molecule has 1 aliphatic heterocycles. The minimum Gasteiger partial charge on any atom is -0.316 e. The number of nitrogens with one attached hydrogen (secondary N) is 2. The first kappa shape index (κ1) is 10.5. The minimum absolute atomic E-state index is 0.531. The second-order valence-corrected chi connectivity index (χ2v) is 4.46. The van der Waals surface area contributed by atoms with Crippen LogP contribution >= 0.6 is 0 Å². The summed E-state index contributed by atoms with van der Waals surface area (Å²) in [5.41, 5.74) is 3.36. The lowest BCUT2D eigenvalue weighted by Gasteiger charge is -2.22. The van der Waals surface area contributed by atoms with E-state index >= 15 is 0 Å². The van der Waals surface area contributed by atoms with E-state index in [0.717, 1.165) is 24.3 Å². The van der Waals surface area contributed by atoms with Crippen LogP contribution in [0.5, 0.6) is 0 Å². The van der Waals surface area contributed by atoms with Gasteiger partial charge in [0.1, 0.15) is 0 Å². The summed E-state index contributed by atoms with van der Waals surface area (Å²) in [5.74, 6) is 0.531. The van der Waals surface area contributed by atoms with Gasteiger partial charge in [0.05, 0.1) is 11.9 Å². The van der Waals surface area contributed by atoms with Crippen molar-refractivity contribution in [2.24, 2.45) is 0 Å². The maximum Gasteiger partial charge on any atom is 0.0736 e. The first-order valence-corrected chi connectivity index (χ1v) is 6.10. The van der Waals surface area contributed by atoms with Crippen LogP contribution in [-0.4, -0.2) is 28.3 Å². The Kier molecular flexibility index (Phi) is 2.88. The lowest BCUT2D eigenvalue weighted by Crippen LogP contribution is -2.28. The molecular weight excluding hydrogens is 212 g/mol.